The number of phosphoric ester groups is 1. The van der Waals surface area contributed by atoms with Crippen molar-refractivity contribution in [2.24, 2.45) is 0 Å². The van der Waals surface area contributed by atoms with Crippen LogP contribution in [-0.2, 0) is 18.4 Å². The Labute approximate surface area is 315 Å². The first kappa shape index (κ1) is 49.7. The molecule has 8 nitrogen and oxygen atoms in total. The van der Waals surface area contributed by atoms with Crippen LogP contribution in [0, 0.1) is 0 Å². The van der Waals surface area contributed by atoms with Gasteiger partial charge in [-0.25, -0.2) is 0 Å². The molecule has 0 aromatic rings. The van der Waals surface area contributed by atoms with Crippen molar-refractivity contribution in [3.05, 3.63) is 36.5 Å². The van der Waals surface area contributed by atoms with Crippen molar-refractivity contribution in [2.45, 2.75) is 187 Å². The van der Waals surface area contributed by atoms with Crippen molar-refractivity contribution in [3.8, 4) is 0 Å². The third-order valence-electron chi connectivity index (χ3n) is 9.09. The summed E-state index contributed by atoms with van der Waals surface area (Å²) in [4.78, 5) is 25.2. The minimum absolute atomic E-state index is 0.00433. The number of nitrogens with zero attached hydrogens (tertiary/aromatic N) is 1. The predicted molar refractivity (Wildman–Crippen MR) is 215 cm³/mol. The first-order chi connectivity index (χ1) is 24.5. The van der Waals surface area contributed by atoms with Crippen LogP contribution in [0.15, 0.2) is 36.5 Å². The predicted octanol–water partition coefficient (Wildman–Crippen LogP) is 10.5. The second kappa shape index (κ2) is 34.5. The number of quaternary nitrogens is 1. The van der Waals surface area contributed by atoms with Gasteiger partial charge in [0.05, 0.1) is 39.9 Å². The third-order valence-corrected chi connectivity index (χ3v) is 10.1. The maximum Gasteiger partial charge on any atom is 0.268 e. The van der Waals surface area contributed by atoms with Crippen molar-refractivity contribution in [2.75, 3.05) is 40.9 Å². The molecule has 0 aliphatic rings. The van der Waals surface area contributed by atoms with Crippen LogP contribution in [0.5, 0.6) is 0 Å². The molecule has 0 aromatic carbocycles. The monoisotopic (exact) mass is 741 g/mol. The minimum atomic E-state index is -4.59. The summed E-state index contributed by atoms with van der Waals surface area (Å²) < 4.78 is 23.1. The van der Waals surface area contributed by atoms with Crippen LogP contribution >= 0.6 is 7.82 Å². The number of aliphatic hydroxyl groups excluding tert-OH is 1. The highest BCUT2D eigenvalue weighted by Crippen LogP contribution is 2.38. The number of unbranched alkanes of at least 4 members (excludes halogenated alkanes) is 20. The van der Waals surface area contributed by atoms with Crippen LogP contribution in [0.25, 0.3) is 0 Å². The molecule has 0 saturated heterocycles. The fourth-order valence-corrected chi connectivity index (χ4v) is 6.43. The maximum absolute atomic E-state index is 12.8. The molecule has 2 N–H and O–H groups in total. The van der Waals surface area contributed by atoms with Gasteiger partial charge in [-0.05, 0) is 51.4 Å². The first-order valence-electron chi connectivity index (χ1n) is 20.9. The Balaban J connectivity index is 4.52. The summed E-state index contributed by atoms with van der Waals surface area (Å²) >= 11 is 0. The number of hydrogen-bond acceptors (Lipinski definition) is 6. The second-order valence-electron chi connectivity index (χ2n) is 15.3. The molecule has 0 rings (SSSR count). The molecule has 300 valence electrons. The van der Waals surface area contributed by atoms with Crippen LogP contribution in [0.3, 0.4) is 0 Å². The summed E-state index contributed by atoms with van der Waals surface area (Å²) in [7, 11) is 1.25. The SMILES string of the molecule is CCCCC/C=C/C/C=C/CCCCCCCC(=O)N[C@@H](COP(=O)([O-])OCC[N+](C)(C)C)[C@H](O)/C=C/CCCCCCCCCCCCCC. The van der Waals surface area contributed by atoms with Gasteiger partial charge in [-0.15, -0.1) is 0 Å². The van der Waals surface area contributed by atoms with Gasteiger partial charge in [0.15, 0.2) is 0 Å². The number of likely N-dealkylation sites (N-methyl/N-ethyl adjacent to an activating group) is 1. The zero-order valence-electron chi connectivity index (χ0n) is 33.8. The van der Waals surface area contributed by atoms with E-state index in [9.17, 15) is 19.4 Å². The Hall–Kier alpha value is -1.28. The third kappa shape index (κ3) is 36.9. The molecular weight excluding hydrogens is 659 g/mol. The van der Waals surface area contributed by atoms with E-state index in [0.717, 1.165) is 64.2 Å². The van der Waals surface area contributed by atoms with E-state index in [1.54, 1.807) is 6.08 Å². The summed E-state index contributed by atoms with van der Waals surface area (Å²) in [5, 5.41) is 13.7. The standard InChI is InChI=1S/C42H81N2O6P/c1-6-8-10-12-14-16-18-20-22-24-26-28-30-32-34-36-42(46)43-40(39-50-51(47,48)49-38-37-44(3,4)5)41(45)35-33-31-29-27-25-23-21-19-17-15-13-11-9-7-2/h14,16,20,22,33,35,40-41,45H,6-13,15,17-19,21,23-32,34,36-39H2,1-5H3,(H-,43,46,47,48)/b16-14+,22-20+,35-33+/t40-,41+/m0/s1. The van der Waals surface area contributed by atoms with E-state index in [1.165, 1.54) is 89.9 Å². The number of carbonyl (C=O) groups is 1. The lowest BCUT2D eigenvalue weighted by Gasteiger charge is -2.29. The number of phosphoric acid groups is 1. The normalized spacial score (nSPS) is 14.9. The fraction of sp³-hybridized carbons (Fsp3) is 0.833. The molecule has 1 unspecified atom stereocenters. The Bertz CT molecular complexity index is 933. The molecular formula is C42H81N2O6P. The average molecular weight is 741 g/mol. The van der Waals surface area contributed by atoms with Gasteiger partial charge < -0.3 is 28.8 Å². The van der Waals surface area contributed by atoms with Crippen molar-refractivity contribution in [1.29, 1.82) is 0 Å². The molecule has 51 heavy (non-hydrogen) atoms. The average Bonchev–Trinajstić information content (AvgIpc) is 3.07. The van der Waals surface area contributed by atoms with E-state index in [2.05, 4.69) is 43.5 Å². The van der Waals surface area contributed by atoms with Crippen LogP contribution in [0.4, 0.5) is 0 Å². The largest absolute Gasteiger partial charge is 0.756 e. The number of amides is 1. The molecule has 0 aliphatic carbocycles. The summed E-state index contributed by atoms with van der Waals surface area (Å²) in [5.74, 6) is -0.214. The summed E-state index contributed by atoms with van der Waals surface area (Å²) in [5.41, 5.74) is 0. The molecule has 0 spiro atoms. The number of hydrogen-bond donors (Lipinski definition) is 2. The van der Waals surface area contributed by atoms with Gasteiger partial charge >= 0.3 is 0 Å². The van der Waals surface area contributed by atoms with E-state index in [-0.39, 0.29) is 19.1 Å². The van der Waals surface area contributed by atoms with Crippen LogP contribution in [0.2, 0.25) is 0 Å². The molecule has 0 aliphatic heterocycles. The maximum atomic E-state index is 12.8. The van der Waals surface area contributed by atoms with Gasteiger partial charge in [0.2, 0.25) is 5.91 Å². The molecule has 0 heterocycles. The molecule has 3 atom stereocenters. The Morgan fingerprint density at radius 3 is 1.67 bits per heavy atom. The van der Waals surface area contributed by atoms with Crippen molar-refractivity contribution < 1.29 is 32.9 Å². The molecule has 0 fully saturated rings. The van der Waals surface area contributed by atoms with Gasteiger partial charge in [0, 0.05) is 6.42 Å². The van der Waals surface area contributed by atoms with Crippen LogP contribution in [-0.4, -0.2) is 68.5 Å². The molecule has 0 bridgehead atoms. The summed E-state index contributed by atoms with van der Waals surface area (Å²) in [6, 6.07) is -0.891. The number of rotatable bonds is 37. The molecule has 9 heteroatoms. The number of carbonyl (C=O) groups excluding carboxylic acids is 1. The highest BCUT2D eigenvalue weighted by Gasteiger charge is 2.23. The second-order valence-corrected chi connectivity index (χ2v) is 16.8. The molecule has 1 amide bonds. The van der Waals surface area contributed by atoms with Crippen molar-refractivity contribution >= 4 is 13.7 Å². The van der Waals surface area contributed by atoms with E-state index < -0.39 is 20.0 Å². The van der Waals surface area contributed by atoms with E-state index in [1.807, 2.05) is 27.2 Å². The van der Waals surface area contributed by atoms with E-state index in [0.29, 0.717) is 17.4 Å². The fourth-order valence-electron chi connectivity index (χ4n) is 5.71. The zero-order valence-corrected chi connectivity index (χ0v) is 34.7. The molecule has 0 aromatic heterocycles. The summed E-state index contributed by atoms with van der Waals surface area (Å²) in [6.07, 6.45) is 40.3. The molecule has 0 saturated carbocycles. The first-order valence-corrected chi connectivity index (χ1v) is 22.3. The highest BCUT2D eigenvalue weighted by molar-refractivity contribution is 7.45. The van der Waals surface area contributed by atoms with Gasteiger partial charge in [0.1, 0.15) is 13.2 Å². The van der Waals surface area contributed by atoms with Gasteiger partial charge in [-0.1, -0.05) is 153 Å². The van der Waals surface area contributed by atoms with Gasteiger partial charge in [-0.2, -0.15) is 0 Å². The van der Waals surface area contributed by atoms with E-state index >= 15 is 0 Å². The van der Waals surface area contributed by atoms with Crippen LogP contribution in [0.1, 0.15) is 174 Å². The van der Waals surface area contributed by atoms with Crippen LogP contribution < -0.4 is 10.2 Å². The Morgan fingerprint density at radius 1 is 0.686 bits per heavy atom. The lowest BCUT2D eigenvalue weighted by Crippen LogP contribution is -2.45. The quantitative estimate of drug-likeness (QED) is 0.0284. The van der Waals surface area contributed by atoms with Gasteiger partial charge in [-0.3, -0.25) is 9.36 Å². The number of nitrogens with one attached hydrogen (secondary N) is 1. The number of allylic oxidation sites excluding steroid dienone is 5. The number of aliphatic hydroxyl groups is 1. The highest BCUT2D eigenvalue weighted by atomic mass is 31.2. The topological polar surface area (TPSA) is 108 Å². The summed E-state index contributed by atoms with van der Waals surface area (Å²) in [6.45, 7) is 4.59. The van der Waals surface area contributed by atoms with Gasteiger partial charge in [0.25, 0.3) is 7.82 Å². The van der Waals surface area contributed by atoms with Crippen molar-refractivity contribution in [3.63, 3.8) is 0 Å². The van der Waals surface area contributed by atoms with Crippen molar-refractivity contribution in [1.82, 2.24) is 5.32 Å². The zero-order chi connectivity index (χ0) is 37.9. The lowest BCUT2D eigenvalue weighted by molar-refractivity contribution is -0.870. The molecule has 0 radical (unpaired) electrons. The lowest BCUT2D eigenvalue weighted by atomic mass is 10.0. The minimum Gasteiger partial charge on any atom is -0.756 e. The van der Waals surface area contributed by atoms with E-state index in [4.69, 9.17) is 9.05 Å². The Morgan fingerprint density at radius 2 is 1.14 bits per heavy atom. The Kier molecular flexibility index (Phi) is 33.6. The smallest absolute Gasteiger partial charge is 0.268 e.